The number of aryl methyl sites for hydroxylation is 1. The molecule has 3 aliphatic carbocycles. The number of aromatic nitrogens is 2. The van der Waals surface area contributed by atoms with Gasteiger partial charge >= 0.3 is 5.97 Å². The van der Waals surface area contributed by atoms with Crippen molar-refractivity contribution in [2.75, 3.05) is 37.5 Å². The highest BCUT2D eigenvalue weighted by Crippen LogP contribution is 2.49. The van der Waals surface area contributed by atoms with Crippen LogP contribution in [0, 0.1) is 23.7 Å². The molecule has 2 aromatic carbocycles. The van der Waals surface area contributed by atoms with Gasteiger partial charge in [-0.25, -0.2) is 23.2 Å². The highest BCUT2D eigenvalue weighted by molar-refractivity contribution is 7.91. The predicted molar refractivity (Wildman–Crippen MR) is 219 cm³/mol. The molecule has 6 atom stereocenters. The van der Waals surface area contributed by atoms with Gasteiger partial charge in [-0.15, -0.1) is 0 Å². The van der Waals surface area contributed by atoms with Crippen molar-refractivity contribution in [1.29, 1.82) is 0 Å². The Balaban J connectivity index is 1.17. The summed E-state index contributed by atoms with van der Waals surface area (Å²) in [5.74, 6) is 1.27. The number of nitrogens with zero attached hydrogens (tertiary/aromatic N) is 3. The smallest absolute Gasteiger partial charge is 0.337 e. The standard InChI is InChI=1S/C43H56ClN3O6SSi/c1-42(2,3)55(5,6)53-38(18-13-29-10-11-33(29)26-54(49,50)41-45-21-8-22-46-41)35-16-12-32(35)25-47-27-43(20-7-9-30-23-34(44)15-17-36(30)43)28-52-39-19-14-31(24-37(39)47)40(48)51-4/h8,13-15,17-19,21-24,29,32-33,35,38H,7,9-12,16,20,25-28H2,1-6H3/b18-13+/t29-,32+,33-,35-,38+,43?/m1/s1. The van der Waals surface area contributed by atoms with E-state index < -0.39 is 18.2 Å². The van der Waals surface area contributed by atoms with E-state index in [2.05, 4.69) is 73.0 Å². The highest BCUT2D eigenvalue weighted by Gasteiger charge is 2.47. The Morgan fingerprint density at radius 1 is 1.09 bits per heavy atom. The Morgan fingerprint density at radius 2 is 1.85 bits per heavy atom. The van der Waals surface area contributed by atoms with Gasteiger partial charge in [-0.05, 0) is 134 Å². The van der Waals surface area contributed by atoms with Gasteiger partial charge < -0.3 is 18.8 Å². The number of hydrogen-bond donors (Lipinski definition) is 0. The molecule has 0 bridgehead atoms. The Morgan fingerprint density at radius 3 is 2.53 bits per heavy atom. The van der Waals surface area contributed by atoms with Crippen LogP contribution >= 0.6 is 11.6 Å². The van der Waals surface area contributed by atoms with Crippen LogP contribution in [0.1, 0.15) is 80.8 Å². The minimum atomic E-state index is -3.58. The topological polar surface area (TPSA) is 108 Å². The van der Waals surface area contributed by atoms with Crippen LogP contribution in [-0.2, 0) is 30.8 Å². The molecule has 3 aromatic rings. The van der Waals surface area contributed by atoms with E-state index in [0.29, 0.717) is 18.1 Å². The van der Waals surface area contributed by atoms with Gasteiger partial charge in [0.1, 0.15) is 5.75 Å². The molecule has 1 aliphatic heterocycles. The molecule has 12 heteroatoms. The first-order valence-electron chi connectivity index (χ1n) is 19.8. The van der Waals surface area contributed by atoms with Gasteiger partial charge in [0.15, 0.2) is 8.32 Å². The lowest BCUT2D eigenvalue weighted by atomic mass is 9.68. The molecular weight excluding hydrogens is 750 g/mol. The summed E-state index contributed by atoms with van der Waals surface area (Å²) in [4.78, 5) is 23.3. The number of halogens is 1. The summed E-state index contributed by atoms with van der Waals surface area (Å²) in [6, 6.07) is 13.6. The fourth-order valence-electron chi connectivity index (χ4n) is 8.79. The van der Waals surface area contributed by atoms with Gasteiger partial charge in [0.25, 0.3) is 0 Å². The number of carbonyl (C=O) groups is 1. The third-order valence-corrected chi connectivity index (χ3v) is 19.7. The number of benzene rings is 2. The van der Waals surface area contributed by atoms with Crippen LogP contribution < -0.4 is 9.64 Å². The Kier molecular flexibility index (Phi) is 11.3. The normalized spacial score (nSPS) is 25.9. The molecule has 4 aliphatic rings. The minimum absolute atomic E-state index is 0.0239. The van der Waals surface area contributed by atoms with Gasteiger partial charge in [-0.1, -0.05) is 50.6 Å². The Bertz CT molecular complexity index is 2020. The second kappa shape index (κ2) is 15.6. The van der Waals surface area contributed by atoms with Crippen molar-refractivity contribution < 1.29 is 27.1 Å². The van der Waals surface area contributed by atoms with E-state index in [0.717, 1.165) is 74.5 Å². The maximum Gasteiger partial charge on any atom is 0.337 e. The monoisotopic (exact) mass is 805 g/mol. The largest absolute Gasteiger partial charge is 0.490 e. The number of ether oxygens (including phenoxy) is 2. The zero-order chi connectivity index (χ0) is 39.2. The van der Waals surface area contributed by atoms with Crippen LogP contribution in [0.2, 0.25) is 23.2 Å². The van der Waals surface area contributed by atoms with Crippen LogP contribution in [-0.4, -0.2) is 71.3 Å². The summed E-state index contributed by atoms with van der Waals surface area (Å²) in [6.07, 6.45) is 14.4. The third kappa shape index (κ3) is 8.27. The third-order valence-electron chi connectivity index (χ3n) is 13.3. The predicted octanol–water partition coefficient (Wildman–Crippen LogP) is 8.86. The molecule has 0 amide bonds. The lowest BCUT2D eigenvalue weighted by Crippen LogP contribution is -2.52. The SMILES string of the molecule is COC(=O)c1ccc2c(c1)N(C[C@@H]1CC[C@H]1[C@H](/C=C/[C@H]1CC[C@@H]1CS(=O)(=O)c1ncccn1)O[Si](C)(C)C(C)(C)C)CC1(CCCc3cc(Cl)ccc31)CO2. The van der Waals surface area contributed by atoms with Crippen LogP contribution in [0.5, 0.6) is 5.75 Å². The van der Waals surface area contributed by atoms with E-state index >= 15 is 0 Å². The van der Waals surface area contributed by atoms with Crippen LogP contribution in [0.25, 0.3) is 0 Å². The van der Waals surface area contributed by atoms with Gasteiger partial charge in [0.2, 0.25) is 15.0 Å². The molecule has 2 heterocycles. The summed E-state index contributed by atoms with van der Waals surface area (Å²) < 4.78 is 45.5. The zero-order valence-electron chi connectivity index (χ0n) is 33.1. The van der Waals surface area contributed by atoms with E-state index in [1.807, 2.05) is 18.2 Å². The van der Waals surface area contributed by atoms with Gasteiger partial charge in [0.05, 0.1) is 36.8 Å². The van der Waals surface area contributed by atoms with Gasteiger partial charge in [0, 0.05) is 35.9 Å². The van der Waals surface area contributed by atoms with Crippen LogP contribution in [0.3, 0.4) is 0 Å². The van der Waals surface area contributed by atoms with Crippen LogP contribution in [0.4, 0.5) is 5.69 Å². The van der Waals surface area contributed by atoms with Crippen molar-refractivity contribution in [3.8, 4) is 5.75 Å². The van der Waals surface area contributed by atoms with E-state index in [1.165, 1.54) is 30.6 Å². The summed E-state index contributed by atoms with van der Waals surface area (Å²) in [5, 5.41) is 0.685. The molecule has 1 unspecified atom stereocenters. The van der Waals surface area contributed by atoms with Gasteiger partial charge in [-0.3, -0.25) is 0 Å². The van der Waals surface area contributed by atoms with E-state index in [4.69, 9.17) is 25.5 Å². The van der Waals surface area contributed by atoms with Crippen molar-refractivity contribution in [1.82, 2.24) is 9.97 Å². The number of carbonyl (C=O) groups excluding carboxylic acids is 1. The molecule has 0 N–H and O–H groups in total. The van der Waals surface area contributed by atoms with E-state index in [1.54, 1.807) is 12.1 Å². The first-order valence-corrected chi connectivity index (χ1v) is 24.8. The average Bonchev–Trinajstić information content (AvgIpc) is 3.28. The highest BCUT2D eigenvalue weighted by atomic mass is 35.5. The second-order valence-electron chi connectivity index (χ2n) is 17.8. The molecule has 55 heavy (non-hydrogen) atoms. The lowest BCUT2D eigenvalue weighted by molar-refractivity contribution is 0.0519. The lowest BCUT2D eigenvalue weighted by Gasteiger charge is -2.48. The minimum Gasteiger partial charge on any atom is -0.490 e. The Labute approximate surface area is 333 Å². The average molecular weight is 807 g/mol. The first-order chi connectivity index (χ1) is 26.1. The molecular formula is C43H56ClN3O6SSi. The summed E-state index contributed by atoms with van der Waals surface area (Å²) in [7, 11) is -4.35. The number of methoxy groups -OCH3 is 1. The maximum absolute atomic E-state index is 13.2. The molecule has 2 fully saturated rings. The number of allylic oxidation sites excluding steroid dienone is 1. The number of sulfone groups is 1. The zero-order valence-corrected chi connectivity index (χ0v) is 35.7. The number of esters is 1. The summed E-state index contributed by atoms with van der Waals surface area (Å²) in [6.45, 7) is 13.6. The van der Waals surface area contributed by atoms with Crippen molar-refractivity contribution in [2.45, 2.75) is 101 Å². The molecule has 1 spiro atoms. The molecule has 7 rings (SSSR count). The fraction of sp³-hybridized carbons (Fsp3) is 0.558. The van der Waals surface area contributed by atoms with Crippen molar-refractivity contribution >= 4 is 41.4 Å². The number of anilines is 1. The molecule has 296 valence electrons. The Hall–Kier alpha value is -3.25. The molecule has 0 saturated heterocycles. The van der Waals surface area contributed by atoms with Crippen molar-refractivity contribution in [3.05, 3.63) is 88.7 Å². The first kappa shape index (κ1) is 40.0. The summed E-state index contributed by atoms with van der Waals surface area (Å²) in [5.41, 5.74) is 3.78. The molecule has 0 radical (unpaired) electrons. The quantitative estimate of drug-likeness (QED) is 0.0813. The van der Waals surface area contributed by atoms with Crippen LogP contribution in [0.15, 0.2) is 72.2 Å². The molecule has 2 saturated carbocycles. The summed E-state index contributed by atoms with van der Waals surface area (Å²) >= 11 is 6.50. The van der Waals surface area contributed by atoms with E-state index in [9.17, 15) is 13.2 Å². The number of fused-ring (bicyclic) bond motifs is 3. The molecule has 9 nitrogen and oxygen atoms in total. The molecule has 1 aromatic heterocycles. The number of hydrogen-bond acceptors (Lipinski definition) is 9. The number of rotatable bonds is 11. The second-order valence-corrected chi connectivity index (χ2v) is 24.9. The van der Waals surface area contributed by atoms with Crippen molar-refractivity contribution in [3.63, 3.8) is 0 Å². The van der Waals surface area contributed by atoms with Crippen molar-refractivity contribution in [2.24, 2.45) is 23.7 Å². The van der Waals surface area contributed by atoms with Gasteiger partial charge in [-0.2, -0.15) is 0 Å². The fourth-order valence-corrected chi connectivity index (χ4v) is 11.8. The van der Waals surface area contributed by atoms with E-state index in [-0.39, 0.29) is 51.2 Å². The maximum atomic E-state index is 13.2.